The summed E-state index contributed by atoms with van der Waals surface area (Å²) in [7, 11) is 0. The quantitative estimate of drug-likeness (QED) is 0.528. The summed E-state index contributed by atoms with van der Waals surface area (Å²) in [6.45, 7) is 0.920. The van der Waals surface area contributed by atoms with Gasteiger partial charge in [-0.3, -0.25) is 0 Å². The molecular formula is C8H12O2. The Balaban J connectivity index is 2.00. The Morgan fingerprint density at radius 3 is 2.80 bits per heavy atom. The fourth-order valence-corrected chi connectivity index (χ4v) is 3.05. The van der Waals surface area contributed by atoms with Crippen LogP contribution in [0.1, 0.15) is 12.8 Å². The zero-order valence-corrected chi connectivity index (χ0v) is 5.86. The summed E-state index contributed by atoms with van der Waals surface area (Å²) in [6, 6.07) is 0. The van der Waals surface area contributed by atoms with Crippen LogP contribution in [-0.4, -0.2) is 23.9 Å². The molecule has 2 nitrogen and oxygen atoms in total. The highest BCUT2D eigenvalue weighted by Crippen LogP contribution is 2.53. The smallest absolute Gasteiger partial charge is 0.0868 e. The third kappa shape index (κ3) is 0.453. The van der Waals surface area contributed by atoms with E-state index in [1.807, 2.05) is 0 Å². The molecule has 2 bridgehead atoms. The van der Waals surface area contributed by atoms with Crippen molar-refractivity contribution in [2.24, 2.45) is 17.8 Å². The molecule has 2 aliphatic carbocycles. The Kier molecular flexibility index (Phi) is 0.868. The van der Waals surface area contributed by atoms with E-state index >= 15 is 0 Å². The maximum Gasteiger partial charge on any atom is 0.0868 e. The summed E-state index contributed by atoms with van der Waals surface area (Å²) in [4.78, 5) is 0. The summed E-state index contributed by atoms with van der Waals surface area (Å²) in [5.74, 6) is 2.11. The SMILES string of the molecule is O[C@H]1C2CC3COC1C3C2. The molecule has 4 unspecified atom stereocenters. The number of aliphatic hydroxyl groups excluding tert-OH is 1. The van der Waals surface area contributed by atoms with Gasteiger partial charge < -0.3 is 9.84 Å². The minimum atomic E-state index is -0.122. The number of fused-ring (bicyclic) bond motifs is 1. The Morgan fingerprint density at radius 2 is 2.10 bits per heavy atom. The summed E-state index contributed by atoms with van der Waals surface area (Å²) in [5, 5.41) is 9.58. The van der Waals surface area contributed by atoms with Gasteiger partial charge in [0.1, 0.15) is 0 Å². The van der Waals surface area contributed by atoms with Crippen molar-refractivity contribution in [3.05, 3.63) is 0 Å². The van der Waals surface area contributed by atoms with Gasteiger partial charge in [0.25, 0.3) is 0 Å². The van der Waals surface area contributed by atoms with Crippen LogP contribution in [0.3, 0.4) is 0 Å². The minimum absolute atomic E-state index is 0.122. The molecule has 1 saturated heterocycles. The molecule has 2 saturated carbocycles. The van der Waals surface area contributed by atoms with E-state index in [1.165, 1.54) is 12.8 Å². The summed E-state index contributed by atoms with van der Waals surface area (Å²) in [5.41, 5.74) is 0. The second-order valence-corrected chi connectivity index (χ2v) is 3.94. The first-order valence-electron chi connectivity index (χ1n) is 4.16. The average molecular weight is 140 g/mol. The molecular weight excluding hydrogens is 128 g/mol. The van der Waals surface area contributed by atoms with Crippen LogP contribution in [0.25, 0.3) is 0 Å². The zero-order chi connectivity index (χ0) is 6.72. The molecule has 1 N–H and O–H groups in total. The van der Waals surface area contributed by atoms with Gasteiger partial charge in [-0.1, -0.05) is 0 Å². The van der Waals surface area contributed by atoms with Crippen LogP contribution in [0.15, 0.2) is 0 Å². The van der Waals surface area contributed by atoms with Gasteiger partial charge in [0.05, 0.1) is 18.8 Å². The molecule has 1 heterocycles. The normalized spacial score (nSPS) is 63.9. The van der Waals surface area contributed by atoms with Crippen molar-refractivity contribution in [1.29, 1.82) is 0 Å². The van der Waals surface area contributed by atoms with Crippen molar-refractivity contribution < 1.29 is 9.84 Å². The third-order valence-electron chi connectivity index (χ3n) is 3.53. The second kappa shape index (κ2) is 1.56. The van der Waals surface area contributed by atoms with Crippen LogP contribution in [0.2, 0.25) is 0 Å². The summed E-state index contributed by atoms with van der Waals surface area (Å²) >= 11 is 0. The van der Waals surface area contributed by atoms with Gasteiger partial charge in [0.15, 0.2) is 0 Å². The Morgan fingerprint density at radius 1 is 1.20 bits per heavy atom. The van der Waals surface area contributed by atoms with Crippen LogP contribution in [0.4, 0.5) is 0 Å². The lowest BCUT2D eigenvalue weighted by Crippen LogP contribution is -2.31. The first kappa shape index (κ1) is 5.56. The average Bonchev–Trinajstić information content (AvgIpc) is 2.43. The molecule has 0 amide bonds. The molecule has 3 fully saturated rings. The Bertz CT molecular complexity index is 167. The van der Waals surface area contributed by atoms with Gasteiger partial charge in [-0.15, -0.1) is 0 Å². The third-order valence-corrected chi connectivity index (χ3v) is 3.53. The Labute approximate surface area is 60.2 Å². The van der Waals surface area contributed by atoms with Crippen LogP contribution >= 0.6 is 0 Å². The number of hydrogen-bond donors (Lipinski definition) is 1. The monoisotopic (exact) mass is 140 g/mol. The maximum atomic E-state index is 9.58. The van der Waals surface area contributed by atoms with E-state index in [1.54, 1.807) is 0 Å². The Hall–Kier alpha value is -0.0800. The molecule has 0 aromatic carbocycles. The predicted molar refractivity (Wildman–Crippen MR) is 35.5 cm³/mol. The van der Waals surface area contributed by atoms with Gasteiger partial charge in [0.2, 0.25) is 0 Å². The zero-order valence-electron chi connectivity index (χ0n) is 5.86. The predicted octanol–water partition coefficient (Wildman–Crippen LogP) is 0.402. The molecule has 0 aromatic rings. The largest absolute Gasteiger partial charge is 0.390 e. The van der Waals surface area contributed by atoms with E-state index in [4.69, 9.17) is 4.74 Å². The number of hydrogen-bond acceptors (Lipinski definition) is 2. The van der Waals surface area contributed by atoms with Gasteiger partial charge in [0, 0.05) is 0 Å². The standard InChI is InChI=1S/C8H12O2/c9-7-4-1-5-3-10-8(7)6(5)2-4/h4-9H,1-3H2/t4?,5?,6?,7-,8?/m0/s1. The molecule has 5 atom stereocenters. The van der Waals surface area contributed by atoms with Crippen molar-refractivity contribution in [3.63, 3.8) is 0 Å². The minimum Gasteiger partial charge on any atom is -0.390 e. The molecule has 2 heteroatoms. The fourth-order valence-electron chi connectivity index (χ4n) is 3.05. The first-order chi connectivity index (χ1) is 4.86. The molecule has 0 radical (unpaired) electrons. The number of ether oxygens (including phenoxy) is 1. The highest BCUT2D eigenvalue weighted by Gasteiger charge is 2.56. The molecule has 0 aromatic heterocycles. The number of aliphatic hydroxyl groups is 1. The van der Waals surface area contributed by atoms with Gasteiger partial charge >= 0.3 is 0 Å². The van der Waals surface area contributed by atoms with Crippen molar-refractivity contribution in [3.8, 4) is 0 Å². The van der Waals surface area contributed by atoms with E-state index in [0.29, 0.717) is 5.92 Å². The van der Waals surface area contributed by atoms with Gasteiger partial charge in [-0.2, -0.15) is 0 Å². The van der Waals surface area contributed by atoms with Crippen molar-refractivity contribution in [2.45, 2.75) is 25.0 Å². The molecule has 3 rings (SSSR count). The lowest BCUT2D eigenvalue weighted by molar-refractivity contribution is -0.00819. The van der Waals surface area contributed by atoms with Crippen LogP contribution in [-0.2, 0) is 4.74 Å². The topological polar surface area (TPSA) is 29.5 Å². The molecule has 10 heavy (non-hydrogen) atoms. The van der Waals surface area contributed by atoms with Crippen molar-refractivity contribution in [1.82, 2.24) is 0 Å². The summed E-state index contributed by atoms with van der Waals surface area (Å²) < 4.78 is 5.49. The fraction of sp³-hybridized carbons (Fsp3) is 1.00. The molecule has 1 aliphatic heterocycles. The molecule has 56 valence electrons. The molecule has 0 spiro atoms. The van der Waals surface area contributed by atoms with E-state index in [9.17, 15) is 5.11 Å². The van der Waals surface area contributed by atoms with E-state index in [2.05, 4.69) is 0 Å². The highest BCUT2D eigenvalue weighted by atomic mass is 16.5. The van der Waals surface area contributed by atoms with Crippen LogP contribution < -0.4 is 0 Å². The van der Waals surface area contributed by atoms with E-state index < -0.39 is 0 Å². The first-order valence-corrected chi connectivity index (χ1v) is 4.16. The van der Waals surface area contributed by atoms with Gasteiger partial charge in [-0.05, 0) is 30.6 Å². The second-order valence-electron chi connectivity index (χ2n) is 3.94. The van der Waals surface area contributed by atoms with Gasteiger partial charge in [-0.25, -0.2) is 0 Å². The summed E-state index contributed by atoms with van der Waals surface area (Å²) in [6.07, 6.45) is 2.56. The van der Waals surface area contributed by atoms with Crippen LogP contribution in [0, 0.1) is 17.8 Å². The lowest BCUT2D eigenvalue weighted by atomic mass is 9.89. The van der Waals surface area contributed by atoms with Crippen LogP contribution in [0.5, 0.6) is 0 Å². The van der Waals surface area contributed by atoms with Crippen molar-refractivity contribution in [2.75, 3.05) is 6.61 Å². The van der Waals surface area contributed by atoms with E-state index in [-0.39, 0.29) is 12.2 Å². The highest BCUT2D eigenvalue weighted by molar-refractivity contribution is 5.05. The van der Waals surface area contributed by atoms with E-state index in [0.717, 1.165) is 18.4 Å². The number of rotatable bonds is 0. The van der Waals surface area contributed by atoms with Crippen molar-refractivity contribution >= 4 is 0 Å². The molecule has 3 aliphatic rings. The lowest BCUT2D eigenvalue weighted by Gasteiger charge is -2.21. The maximum absolute atomic E-state index is 9.58.